The van der Waals surface area contributed by atoms with Crippen molar-refractivity contribution in [3.8, 4) is 0 Å². The number of nitrogens with two attached hydrogens (primary N) is 1. The lowest BCUT2D eigenvalue weighted by atomic mass is 10.2. The van der Waals surface area contributed by atoms with E-state index in [0.29, 0.717) is 11.9 Å². The van der Waals surface area contributed by atoms with E-state index in [1.807, 2.05) is 24.8 Å². The minimum Gasteiger partial charge on any atom is -0.356 e. The molecule has 0 aromatic carbocycles. The summed E-state index contributed by atoms with van der Waals surface area (Å²) in [5, 5.41) is 0. The number of rotatable bonds is 7. The Balaban J connectivity index is 2.98. The summed E-state index contributed by atoms with van der Waals surface area (Å²) < 4.78 is 0. The molecule has 6 heteroatoms. The lowest BCUT2D eigenvalue weighted by Gasteiger charge is -2.28. The second kappa shape index (κ2) is 7.43. The monoisotopic (exact) mass is 269 g/mol. The van der Waals surface area contributed by atoms with Gasteiger partial charge in [-0.3, -0.25) is 0 Å². The minimum atomic E-state index is 0.477. The van der Waals surface area contributed by atoms with Gasteiger partial charge < -0.3 is 10.3 Å². The molecule has 0 saturated carbocycles. The third-order valence-electron chi connectivity index (χ3n) is 2.96. The summed E-state index contributed by atoms with van der Waals surface area (Å²) in [5.41, 5.74) is 2.60. The Labute approximate surface area is 114 Å². The second-order valence-corrected chi connectivity index (χ2v) is 5.06. The fourth-order valence-electron chi connectivity index (χ4n) is 1.78. The van der Waals surface area contributed by atoms with Crippen LogP contribution >= 0.6 is 11.8 Å². The van der Waals surface area contributed by atoms with Crippen molar-refractivity contribution < 1.29 is 0 Å². The van der Waals surface area contributed by atoms with Gasteiger partial charge in [-0.05, 0) is 12.7 Å². The Kier molecular flexibility index (Phi) is 6.21. The minimum absolute atomic E-state index is 0.477. The smallest absolute Gasteiger partial charge is 0.145 e. The predicted octanol–water partition coefficient (Wildman–Crippen LogP) is 1.90. The first-order valence-corrected chi connectivity index (χ1v) is 7.61. The van der Waals surface area contributed by atoms with Gasteiger partial charge in [0, 0.05) is 31.3 Å². The number of aryl methyl sites for hydroxylation is 1. The molecule has 5 nitrogen and oxygen atoms in total. The highest BCUT2D eigenvalue weighted by atomic mass is 32.2. The summed E-state index contributed by atoms with van der Waals surface area (Å²) >= 11 is 1.85. The van der Waals surface area contributed by atoms with Crippen molar-refractivity contribution in [1.82, 2.24) is 9.97 Å². The van der Waals surface area contributed by atoms with E-state index < -0.39 is 0 Å². The van der Waals surface area contributed by atoms with Gasteiger partial charge in [-0.1, -0.05) is 13.8 Å². The van der Waals surface area contributed by atoms with Gasteiger partial charge in [-0.15, -0.1) is 0 Å². The third kappa shape index (κ3) is 3.74. The summed E-state index contributed by atoms with van der Waals surface area (Å²) in [6.07, 6.45) is 4.02. The van der Waals surface area contributed by atoms with Gasteiger partial charge in [0.25, 0.3) is 0 Å². The first kappa shape index (κ1) is 15.0. The highest BCUT2D eigenvalue weighted by Gasteiger charge is 2.15. The molecule has 0 spiro atoms. The molecule has 1 heterocycles. The van der Waals surface area contributed by atoms with Crippen molar-refractivity contribution in [3.05, 3.63) is 11.9 Å². The van der Waals surface area contributed by atoms with Crippen LogP contribution in [0.15, 0.2) is 6.07 Å². The van der Waals surface area contributed by atoms with E-state index in [-0.39, 0.29) is 0 Å². The molecule has 1 rings (SSSR count). The van der Waals surface area contributed by atoms with Gasteiger partial charge in [-0.2, -0.15) is 11.8 Å². The van der Waals surface area contributed by atoms with Gasteiger partial charge in [0.15, 0.2) is 0 Å². The maximum absolute atomic E-state index is 5.45. The molecule has 0 fully saturated rings. The predicted molar refractivity (Wildman–Crippen MR) is 80.1 cm³/mol. The van der Waals surface area contributed by atoms with Gasteiger partial charge in [-0.25, -0.2) is 15.8 Å². The van der Waals surface area contributed by atoms with Gasteiger partial charge >= 0.3 is 0 Å². The van der Waals surface area contributed by atoms with E-state index in [1.54, 1.807) is 0 Å². The molecule has 0 aliphatic heterocycles. The number of nitrogens with zero attached hydrogens (tertiary/aromatic N) is 3. The Morgan fingerprint density at radius 2 is 2.17 bits per heavy atom. The van der Waals surface area contributed by atoms with Crippen LogP contribution in [0.3, 0.4) is 0 Å². The molecule has 1 aromatic heterocycles. The van der Waals surface area contributed by atoms with Crippen LogP contribution in [-0.4, -0.2) is 35.1 Å². The molecule has 18 heavy (non-hydrogen) atoms. The van der Waals surface area contributed by atoms with E-state index in [9.17, 15) is 0 Å². The quantitative estimate of drug-likeness (QED) is 0.582. The molecule has 0 radical (unpaired) electrons. The number of anilines is 2. The van der Waals surface area contributed by atoms with E-state index in [2.05, 4.69) is 40.5 Å². The summed E-state index contributed by atoms with van der Waals surface area (Å²) in [6, 6.07) is 2.37. The van der Waals surface area contributed by atoms with Gasteiger partial charge in [0.1, 0.15) is 17.5 Å². The fourth-order valence-corrected chi connectivity index (χ4v) is 2.62. The van der Waals surface area contributed by atoms with Crippen molar-refractivity contribution in [2.45, 2.75) is 32.7 Å². The molecule has 1 aromatic rings. The van der Waals surface area contributed by atoms with Crippen molar-refractivity contribution in [2.24, 2.45) is 5.84 Å². The van der Waals surface area contributed by atoms with Crippen LogP contribution in [0.2, 0.25) is 0 Å². The van der Waals surface area contributed by atoms with Crippen molar-refractivity contribution >= 4 is 23.4 Å². The summed E-state index contributed by atoms with van der Waals surface area (Å²) in [5.74, 6) is 8.94. The molecule has 0 saturated heterocycles. The van der Waals surface area contributed by atoms with Crippen molar-refractivity contribution in [2.75, 3.05) is 29.4 Å². The molecular formula is C12H23N5S. The lowest BCUT2D eigenvalue weighted by Crippen LogP contribution is -2.34. The molecule has 1 unspecified atom stereocenters. The van der Waals surface area contributed by atoms with E-state index in [0.717, 1.165) is 30.2 Å². The van der Waals surface area contributed by atoms with Gasteiger partial charge in [0.2, 0.25) is 0 Å². The first-order valence-electron chi connectivity index (χ1n) is 6.22. The lowest BCUT2D eigenvalue weighted by molar-refractivity contribution is 0.663. The molecule has 0 amide bonds. The van der Waals surface area contributed by atoms with Crippen LogP contribution in [-0.2, 0) is 6.42 Å². The van der Waals surface area contributed by atoms with Crippen LogP contribution in [0.5, 0.6) is 0 Å². The molecular weight excluding hydrogens is 246 g/mol. The Hall–Kier alpha value is -1.01. The number of thioether (sulfide) groups is 1. The van der Waals surface area contributed by atoms with E-state index in [1.165, 1.54) is 0 Å². The highest BCUT2D eigenvalue weighted by Crippen LogP contribution is 2.19. The van der Waals surface area contributed by atoms with Crippen LogP contribution < -0.4 is 16.2 Å². The maximum atomic E-state index is 5.45. The first-order chi connectivity index (χ1) is 8.65. The zero-order chi connectivity index (χ0) is 13.5. The van der Waals surface area contributed by atoms with Crippen molar-refractivity contribution in [1.29, 1.82) is 0 Å². The van der Waals surface area contributed by atoms with Crippen LogP contribution in [0, 0.1) is 0 Å². The summed E-state index contributed by atoms with van der Waals surface area (Å²) in [6.45, 7) is 4.24. The second-order valence-electron chi connectivity index (χ2n) is 4.15. The fraction of sp³-hybridized carbons (Fsp3) is 0.667. The zero-order valence-electron chi connectivity index (χ0n) is 11.6. The van der Waals surface area contributed by atoms with E-state index in [4.69, 9.17) is 5.84 Å². The topological polar surface area (TPSA) is 67.1 Å². The molecule has 1 atom stereocenters. The molecule has 3 N–H and O–H groups in total. The average molecular weight is 269 g/mol. The van der Waals surface area contributed by atoms with Crippen LogP contribution in [0.25, 0.3) is 0 Å². The average Bonchev–Trinajstić information content (AvgIpc) is 2.43. The highest BCUT2D eigenvalue weighted by molar-refractivity contribution is 7.98. The Bertz CT molecular complexity index is 349. The largest absolute Gasteiger partial charge is 0.356 e. The molecule has 0 aliphatic rings. The normalized spacial score (nSPS) is 12.3. The number of aromatic nitrogens is 2. The standard InChI is InChI=1S/C12H23N5S/c1-5-9(8-18-4)17(3)12-7-11(16-13)14-10(6-2)15-12/h7,9H,5-6,8,13H2,1-4H3,(H,14,15,16). The third-order valence-corrected chi connectivity index (χ3v) is 3.68. The maximum Gasteiger partial charge on any atom is 0.145 e. The Morgan fingerprint density at radius 1 is 1.44 bits per heavy atom. The number of hydrogen-bond donors (Lipinski definition) is 2. The molecule has 0 bridgehead atoms. The van der Waals surface area contributed by atoms with E-state index >= 15 is 0 Å². The summed E-state index contributed by atoms with van der Waals surface area (Å²) in [7, 11) is 2.08. The zero-order valence-corrected chi connectivity index (χ0v) is 12.4. The number of nitrogen functional groups attached to an aromatic ring is 1. The SMILES string of the molecule is CCc1nc(NN)cc(N(C)C(CC)CSC)n1. The molecule has 0 aliphatic carbocycles. The Morgan fingerprint density at radius 3 is 2.67 bits per heavy atom. The van der Waals surface area contributed by atoms with Crippen LogP contribution in [0.4, 0.5) is 11.6 Å². The van der Waals surface area contributed by atoms with Gasteiger partial charge in [0.05, 0.1) is 0 Å². The van der Waals surface area contributed by atoms with Crippen LogP contribution in [0.1, 0.15) is 26.1 Å². The number of nitrogens with one attached hydrogen (secondary N) is 1. The molecule has 102 valence electrons. The summed E-state index contributed by atoms with van der Waals surface area (Å²) in [4.78, 5) is 11.1. The number of hydrazine groups is 1. The number of hydrogen-bond acceptors (Lipinski definition) is 6. The van der Waals surface area contributed by atoms with Crippen molar-refractivity contribution in [3.63, 3.8) is 0 Å².